The molecule has 0 aliphatic rings. The van der Waals surface area contributed by atoms with Crippen LogP contribution in [0.15, 0.2) is 42.5 Å². The lowest BCUT2D eigenvalue weighted by Crippen LogP contribution is -2.27. The van der Waals surface area contributed by atoms with Crippen LogP contribution in [0.2, 0.25) is 5.02 Å². The zero-order chi connectivity index (χ0) is 18.4. The van der Waals surface area contributed by atoms with Gasteiger partial charge in [-0.25, -0.2) is 4.79 Å². The Morgan fingerprint density at radius 3 is 2.64 bits per heavy atom. The first-order valence-electron chi connectivity index (χ1n) is 7.73. The fourth-order valence-corrected chi connectivity index (χ4v) is 2.19. The second-order valence-electron chi connectivity index (χ2n) is 6.42. The molecule has 0 bridgehead atoms. The van der Waals surface area contributed by atoms with Gasteiger partial charge in [-0.05, 0) is 56.7 Å². The summed E-state index contributed by atoms with van der Waals surface area (Å²) >= 11 is 5.89. The van der Waals surface area contributed by atoms with Crippen molar-refractivity contribution in [3.63, 3.8) is 0 Å². The van der Waals surface area contributed by atoms with Gasteiger partial charge in [-0.2, -0.15) is 0 Å². The average Bonchev–Trinajstić information content (AvgIpc) is 2.52. The molecule has 5 nitrogen and oxygen atoms in total. The summed E-state index contributed by atoms with van der Waals surface area (Å²) in [5.74, 6) is 0.539. The van der Waals surface area contributed by atoms with Crippen molar-refractivity contribution in [2.24, 2.45) is 0 Å². The summed E-state index contributed by atoms with van der Waals surface area (Å²) in [5.41, 5.74) is 1.28. The fraction of sp³-hybridized carbons (Fsp3) is 0.263. The number of nitrogens with one attached hydrogen (secondary N) is 1. The van der Waals surface area contributed by atoms with E-state index in [1.54, 1.807) is 51.1 Å². The number of hydrogen-bond acceptors (Lipinski definition) is 4. The van der Waals surface area contributed by atoms with Gasteiger partial charge in [0.25, 0.3) is 0 Å². The first-order valence-corrected chi connectivity index (χ1v) is 8.11. The predicted molar refractivity (Wildman–Crippen MR) is 97.5 cm³/mol. The highest BCUT2D eigenvalue weighted by Crippen LogP contribution is 2.22. The quantitative estimate of drug-likeness (QED) is 0.754. The van der Waals surface area contributed by atoms with Gasteiger partial charge in [0.2, 0.25) is 0 Å². The zero-order valence-corrected chi connectivity index (χ0v) is 15.1. The Hall–Kier alpha value is -2.53. The van der Waals surface area contributed by atoms with Crippen molar-refractivity contribution in [3.8, 4) is 5.75 Å². The van der Waals surface area contributed by atoms with Crippen LogP contribution < -0.4 is 10.1 Å². The van der Waals surface area contributed by atoms with Crippen LogP contribution in [0.5, 0.6) is 5.75 Å². The van der Waals surface area contributed by atoms with Crippen molar-refractivity contribution in [3.05, 3.63) is 58.6 Å². The van der Waals surface area contributed by atoms with Crippen LogP contribution in [-0.2, 0) is 11.3 Å². The smallest absolute Gasteiger partial charge is 0.412 e. The molecule has 1 amide bonds. The van der Waals surface area contributed by atoms with Crippen LogP contribution in [0.4, 0.5) is 10.5 Å². The first kappa shape index (κ1) is 18.8. The number of halogens is 1. The lowest BCUT2D eigenvalue weighted by molar-refractivity contribution is 0.0636. The van der Waals surface area contributed by atoms with Gasteiger partial charge in [0, 0.05) is 11.3 Å². The van der Waals surface area contributed by atoms with Gasteiger partial charge in [0.1, 0.15) is 18.0 Å². The van der Waals surface area contributed by atoms with E-state index in [1.807, 2.05) is 12.1 Å². The highest BCUT2D eigenvalue weighted by molar-refractivity contribution is 6.33. The molecule has 0 unspecified atom stereocenters. The molecule has 0 aliphatic carbocycles. The van der Waals surface area contributed by atoms with Gasteiger partial charge >= 0.3 is 6.09 Å². The molecule has 0 saturated carbocycles. The van der Waals surface area contributed by atoms with Crippen LogP contribution in [0.3, 0.4) is 0 Å². The molecule has 2 rings (SSSR count). The minimum atomic E-state index is -0.560. The number of carbonyl (C=O) groups is 2. The van der Waals surface area contributed by atoms with Crippen LogP contribution in [0.1, 0.15) is 36.7 Å². The summed E-state index contributed by atoms with van der Waals surface area (Å²) < 4.78 is 10.9. The molecule has 6 heteroatoms. The summed E-state index contributed by atoms with van der Waals surface area (Å²) in [4.78, 5) is 22.7. The van der Waals surface area contributed by atoms with Gasteiger partial charge in [0.05, 0.1) is 5.02 Å². The van der Waals surface area contributed by atoms with E-state index in [0.29, 0.717) is 28.3 Å². The molecule has 132 valence electrons. The van der Waals surface area contributed by atoms with Gasteiger partial charge in [-0.1, -0.05) is 23.7 Å². The maximum absolute atomic E-state index is 11.8. The van der Waals surface area contributed by atoms with Crippen LogP contribution in [0.25, 0.3) is 0 Å². The van der Waals surface area contributed by atoms with Crippen LogP contribution in [0, 0.1) is 0 Å². The molecule has 0 aliphatic heterocycles. The summed E-state index contributed by atoms with van der Waals surface area (Å²) in [6.45, 7) is 5.69. The van der Waals surface area contributed by atoms with E-state index < -0.39 is 11.7 Å². The third kappa shape index (κ3) is 6.12. The molecular formula is C19H20ClNO4. The van der Waals surface area contributed by atoms with E-state index in [1.165, 1.54) is 0 Å². The molecule has 0 heterocycles. The summed E-state index contributed by atoms with van der Waals surface area (Å²) in [7, 11) is 0. The highest BCUT2D eigenvalue weighted by Gasteiger charge is 2.16. The number of benzene rings is 2. The second-order valence-corrected chi connectivity index (χ2v) is 6.82. The Morgan fingerprint density at radius 1 is 1.20 bits per heavy atom. The summed E-state index contributed by atoms with van der Waals surface area (Å²) in [6.07, 6.45) is 0.166. The molecule has 0 atom stereocenters. The molecule has 0 fully saturated rings. The normalized spacial score (nSPS) is 10.9. The van der Waals surface area contributed by atoms with Crippen LogP contribution >= 0.6 is 11.6 Å². The third-order valence-electron chi connectivity index (χ3n) is 3.07. The number of rotatable bonds is 5. The molecule has 25 heavy (non-hydrogen) atoms. The Morgan fingerprint density at radius 2 is 1.96 bits per heavy atom. The number of aldehydes is 1. The Bertz CT molecular complexity index is 768. The Balaban J connectivity index is 1.99. The molecule has 0 radical (unpaired) electrons. The standard InChI is InChI=1S/C19H20ClNO4/c1-19(2,3)25-18(23)21-15-6-4-5-13(9-15)12-24-16-7-8-17(20)14(10-16)11-22/h4-11H,12H2,1-3H3,(H,21,23). The lowest BCUT2D eigenvalue weighted by Gasteiger charge is -2.19. The Labute approximate surface area is 151 Å². The number of hydrogen-bond donors (Lipinski definition) is 1. The fourth-order valence-electron chi connectivity index (χ4n) is 2.03. The van der Waals surface area contributed by atoms with Crippen molar-refractivity contribution in [1.29, 1.82) is 0 Å². The third-order valence-corrected chi connectivity index (χ3v) is 3.42. The average molecular weight is 362 g/mol. The SMILES string of the molecule is CC(C)(C)OC(=O)Nc1cccc(COc2ccc(Cl)c(C=O)c2)c1. The molecule has 0 aromatic heterocycles. The van der Waals surface area contributed by atoms with Crippen molar-refractivity contribution >= 4 is 29.7 Å². The van der Waals surface area contributed by atoms with E-state index in [9.17, 15) is 9.59 Å². The number of amides is 1. The van der Waals surface area contributed by atoms with Crippen molar-refractivity contribution < 1.29 is 19.1 Å². The molecule has 2 aromatic rings. The van der Waals surface area contributed by atoms with E-state index in [2.05, 4.69) is 5.32 Å². The zero-order valence-electron chi connectivity index (χ0n) is 14.3. The van der Waals surface area contributed by atoms with E-state index in [0.717, 1.165) is 5.56 Å². The predicted octanol–water partition coefficient (Wildman–Crippen LogP) is 5.08. The number of carbonyl (C=O) groups excluding carboxylic acids is 2. The van der Waals surface area contributed by atoms with Gasteiger partial charge in [0.15, 0.2) is 6.29 Å². The largest absolute Gasteiger partial charge is 0.489 e. The lowest BCUT2D eigenvalue weighted by atomic mass is 10.2. The molecular weight excluding hydrogens is 342 g/mol. The maximum atomic E-state index is 11.8. The first-order chi connectivity index (χ1) is 11.8. The van der Waals surface area contributed by atoms with Crippen molar-refractivity contribution in [1.82, 2.24) is 0 Å². The number of anilines is 1. The van der Waals surface area contributed by atoms with Crippen molar-refractivity contribution in [2.75, 3.05) is 5.32 Å². The summed E-state index contributed by atoms with van der Waals surface area (Å²) in [6, 6.07) is 12.1. The topological polar surface area (TPSA) is 64.6 Å². The van der Waals surface area contributed by atoms with E-state index >= 15 is 0 Å². The van der Waals surface area contributed by atoms with Crippen LogP contribution in [-0.4, -0.2) is 18.0 Å². The maximum Gasteiger partial charge on any atom is 0.412 e. The van der Waals surface area contributed by atoms with E-state index in [4.69, 9.17) is 21.1 Å². The second kappa shape index (κ2) is 8.03. The Kier molecular flexibility index (Phi) is 6.04. The van der Waals surface area contributed by atoms with Gasteiger partial charge < -0.3 is 9.47 Å². The number of ether oxygens (including phenoxy) is 2. The van der Waals surface area contributed by atoms with Crippen molar-refractivity contribution in [2.45, 2.75) is 33.0 Å². The van der Waals surface area contributed by atoms with Gasteiger partial charge in [-0.15, -0.1) is 0 Å². The molecule has 1 N–H and O–H groups in total. The molecule has 2 aromatic carbocycles. The summed E-state index contributed by atoms with van der Waals surface area (Å²) in [5, 5.41) is 3.06. The molecule has 0 spiro atoms. The minimum absolute atomic E-state index is 0.282. The molecule has 0 saturated heterocycles. The minimum Gasteiger partial charge on any atom is -0.489 e. The van der Waals surface area contributed by atoms with E-state index in [-0.39, 0.29) is 6.61 Å². The van der Waals surface area contributed by atoms with Gasteiger partial charge in [-0.3, -0.25) is 10.1 Å². The highest BCUT2D eigenvalue weighted by atomic mass is 35.5. The monoisotopic (exact) mass is 361 g/mol.